The average molecular weight is 418 g/mol. The van der Waals surface area contributed by atoms with Gasteiger partial charge in [-0.2, -0.15) is 0 Å². The molecule has 1 unspecified atom stereocenters. The van der Waals surface area contributed by atoms with Crippen molar-refractivity contribution in [2.45, 2.75) is 19.9 Å². The molecule has 4 rings (SSSR count). The maximum Gasteiger partial charge on any atom is 0.300 e. The molecule has 0 saturated carbocycles. The zero-order valence-electron chi connectivity index (χ0n) is 16.6. The number of aliphatic hydroxyl groups excluding tert-OH is 1. The van der Waals surface area contributed by atoms with Crippen LogP contribution in [0.2, 0.25) is 5.02 Å². The number of benzene rings is 3. The largest absolute Gasteiger partial charge is 0.507 e. The van der Waals surface area contributed by atoms with Crippen LogP contribution in [0.5, 0.6) is 0 Å². The first-order chi connectivity index (χ1) is 14.4. The van der Waals surface area contributed by atoms with Gasteiger partial charge in [0, 0.05) is 16.3 Å². The van der Waals surface area contributed by atoms with E-state index in [2.05, 4.69) is 0 Å². The standard InChI is InChI=1S/C25H20ClNO3/c1-15-8-9-18(14-16(15)2)23(28)21-22(17-10-12-19(26)13-11-17)27(25(30)24(21)29)20-6-4-3-5-7-20/h3-14,22,28H,1-2H3/b23-21-. The number of nitrogens with zero attached hydrogens (tertiary/aromatic N) is 1. The van der Waals surface area contributed by atoms with Crippen LogP contribution in [-0.4, -0.2) is 16.8 Å². The second-order valence-electron chi connectivity index (χ2n) is 7.36. The van der Waals surface area contributed by atoms with Crippen molar-refractivity contribution in [1.29, 1.82) is 0 Å². The molecule has 150 valence electrons. The zero-order chi connectivity index (χ0) is 21.4. The highest BCUT2D eigenvalue weighted by Gasteiger charge is 2.46. The quantitative estimate of drug-likeness (QED) is 0.343. The predicted octanol–water partition coefficient (Wildman–Crippen LogP) is 5.58. The van der Waals surface area contributed by atoms with Gasteiger partial charge in [-0.25, -0.2) is 0 Å². The Morgan fingerprint density at radius 3 is 2.20 bits per heavy atom. The summed E-state index contributed by atoms with van der Waals surface area (Å²) in [6, 6.07) is 20.6. The molecule has 3 aromatic rings. The van der Waals surface area contributed by atoms with Gasteiger partial charge in [0.2, 0.25) is 0 Å². The van der Waals surface area contributed by atoms with Crippen molar-refractivity contribution in [1.82, 2.24) is 0 Å². The highest BCUT2D eigenvalue weighted by Crippen LogP contribution is 2.42. The third-order valence-electron chi connectivity index (χ3n) is 5.44. The van der Waals surface area contributed by atoms with Crippen LogP contribution >= 0.6 is 11.6 Å². The molecule has 4 nitrogen and oxygen atoms in total. The van der Waals surface area contributed by atoms with Gasteiger partial charge in [0.1, 0.15) is 5.76 Å². The molecule has 1 aliphatic rings. The fourth-order valence-electron chi connectivity index (χ4n) is 3.69. The number of hydrogen-bond acceptors (Lipinski definition) is 3. The molecule has 1 heterocycles. The van der Waals surface area contributed by atoms with E-state index in [-0.39, 0.29) is 11.3 Å². The number of anilines is 1. The van der Waals surface area contributed by atoms with Gasteiger partial charge in [-0.1, -0.05) is 54.1 Å². The van der Waals surface area contributed by atoms with E-state index >= 15 is 0 Å². The fraction of sp³-hybridized carbons (Fsp3) is 0.120. The van der Waals surface area contributed by atoms with E-state index in [1.54, 1.807) is 54.6 Å². The number of para-hydroxylation sites is 1. The van der Waals surface area contributed by atoms with E-state index in [0.29, 0.717) is 21.8 Å². The zero-order valence-corrected chi connectivity index (χ0v) is 17.4. The summed E-state index contributed by atoms with van der Waals surface area (Å²) in [4.78, 5) is 27.5. The number of carbonyl (C=O) groups excluding carboxylic acids is 2. The van der Waals surface area contributed by atoms with Gasteiger partial charge in [-0.15, -0.1) is 0 Å². The van der Waals surface area contributed by atoms with Crippen LogP contribution in [0.15, 0.2) is 78.4 Å². The number of ketones is 1. The minimum absolute atomic E-state index is 0.0643. The molecule has 1 atom stereocenters. The molecule has 0 aromatic heterocycles. The lowest BCUT2D eigenvalue weighted by atomic mass is 9.94. The first kappa shape index (κ1) is 19.9. The van der Waals surface area contributed by atoms with Crippen LogP contribution in [0.25, 0.3) is 5.76 Å². The van der Waals surface area contributed by atoms with Crippen molar-refractivity contribution >= 4 is 34.7 Å². The van der Waals surface area contributed by atoms with E-state index in [0.717, 1.165) is 11.1 Å². The summed E-state index contributed by atoms with van der Waals surface area (Å²) in [5.74, 6) is -1.57. The number of rotatable bonds is 3. The summed E-state index contributed by atoms with van der Waals surface area (Å²) in [7, 11) is 0. The van der Waals surface area contributed by atoms with E-state index in [1.807, 2.05) is 32.0 Å². The van der Waals surface area contributed by atoms with E-state index in [4.69, 9.17) is 11.6 Å². The number of amides is 1. The lowest BCUT2D eigenvalue weighted by Gasteiger charge is -2.25. The fourth-order valence-corrected chi connectivity index (χ4v) is 3.82. The Morgan fingerprint density at radius 1 is 0.900 bits per heavy atom. The van der Waals surface area contributed by atoms with Gasteiger partial charge >= 0.3 is 0 Å². The maximum atomic E-state index is 13.1. The molecule has 3 aromatic carbocycles. The van der Waals surface area contributed by atoms with Crippen molar-refractivity contribution in [2.75, 3.05) is 4.90 Å². The SMILES string of the molecule is Cc1ccc(/C(O)=C2/C(=O)C(=O)N(c3ccccc3)C2c2ccc(Cl)cc2)cc1C. The van der Waals surface area contributed by atoms with E-state index in [1.165, 1.54) is 4.90 Å². The molecule has 30 heavy (non-hydrogen) atoms. The lowest BCUT2D eigenvalue weighted by Crippen LogP contribution is -2.29. The summed E-state index contributed by atoms with van der Waals surface area (Å²) in [6.45, 7) is 3.91. The monoisotopic (exact) mass is 417 g/mol. The first-order valence-electron chi connectivity index (χ1n) is 9.57. The van der Waals surface area contributed by atoms with Crippen LogP contribution in [0, 0.1) is 13.8 Å². The van der Waals surface area contributed by atoms with Gasteiger partial charge in [-0.05, 0) is 60.9 Å². The highest BCUT2D eigenvalue weighted by atomic mass is 35.5. The molecule has 1 N–H and O–H groups in total. The molecule has 0 bridgehead atoms. The van der Waals surface area contributed by atoms with Crippen molar-refractivity contribution in [3.63, 3.8) is 0 Å². The Bertz CT molecular complexity index is 1170. The third-order valence-corrected chi connectivity index (χ3v) is 5.70. The number of Topliss-reactive ketones (excluding diaryl/α,β-unsaturated/α-hetero) is 1. The maximum absolute atomic E-state index is 13.1. The molecule has 1 amide bonds. The Morgan fingerprint density at radius 2 is 1.57 bits per heavy atom. The predicted molar refractivity (Wildman–Crippen MR) is 119 cm³/mol. The van der Waals surface area contributed by atoms with Crippen molar-refractivity contribution in [3.8, 4) is 0 Å². The second kappa shape index (κ2) is 7.81. The van der Waals surface area contributed by atoms with Crippen molar-refractivity contribution in [3.05, 3.63) is 106 Å². The molecule has 0 aliphatic carbocycles. The summed E-state index contributed by atoms with van der Waals surface area (Å²) < 4.78 is 0. The van der Waals surface area contributed by atoms with Gasteiger partial charge in [0.15, 0.2) is 0 Å². The molecular formula is C25H20ClNO3. The first-order valence-corrected chi connectivity index (χ1v) is 9.95. The Labute approximate surface area is 180 Å². The Kier molecular flexibility index (Phi) is 5.18. The normalized spacial score (nSPS) is 18.1. The van der Waals surface area contributed by atoms with Gasteiger partial charge < -0.3 is 5.11 Å². The molecule has 1 fully saturated rings. The highest BCUT2D eigenvalue weighted by molar-refractivity contribution is 6.51. The van der Waals surface area contributed by atoms with E-state index < -0.39 is 17.7 Å². The van der Waals surface area contributed by atoms with Crippen molar-refractivity contribution in [2.24, 2.45) is 0 Å². The van der Waals surface area contributed by atoms with Gasteiger partial charge in [-0.3, -0.25) is 14.5 Å². The van der Waals surface area contributed by atoms with Crippen LogP contribution in [0.4, 0.5) is 5.69 Å². The molecule has 0 spiro atoms. The van der Waals surface area contributed by atoms with Gasteiger partial charge in [0.05, 0.1) is 11.6 Å². The number of aliphatic hydroxyl groups is 1. The molecule has 1 saturated heterocycles. The van der Waals surface area contributed by atoms with Crippen molar-refractivity contribution < 1.29 is 14.7 Å². The smallest absolute Gasteiger partial charge is 0.300 e. The third kappa shape index (κ3) is 3.40. The number of aryl methyl sites for hydroxylation is 2. The van der Waals surface area contributed by atoms with Crippen LogP contribution < -0.4 is 4.90 Å². The molecule has 1 aliphatic heterocycles. The Hall–Kier alpha value is -3.37. The molecular weight excluding hydrogens is 398 g/mol. The summed E-state index contributed by atoms with van der Waals surface area (Å²) >= 11 is 6.05. The molecule has 5 heteroatoms. The second-order valence-corrected chi connectivity index (χ2v) is 7.79. The van der Waals surface area contributed by atoms with Crippen LogP contribution in [0.1, 0.15) is 28.3 Å². The summed E-state index contributed by atoms with van der Waals surface area (Å²) in [5.41, 5.74) is 3.90. The molecule has 0 radical (unpaired) electrons. The average Bonchev–Trinajstić information content (AvgIpc) is 3.01. The lowest BCUT2D eigenvalue weighted by molar-refractivity contribution is -0.132. The van der Waals surface area contributed by atoms with Crippen LogP contribution in [-0.2, 0) is 9.59 Å². The minimum atomic E-state index is -0.758. The van der Waals surface area contributed by atoms with Crippen LogP contribution in [0.3, 0.4) is 0 Å². The minimum Gasteiger partial charge on any atom is -0.507 e. The van der Waals surface area contributed by atoms with E-state index in [9.17, 15) is 14.7 Å². The number of hydrogen-bond donors (Lipinski definition) is 1. The number of halogens is 1. The topological polar surface area (TPSA) is 57.6 Å². The Balaban J connectivity index is 1.95. The number of carbonyl (C=O) groups is 2. The summed E-state index contributed by atoms with van der Waals surface area (Å²) in [5, 5.41) is 11.7. The summed E-state index contributed by atoms with van der Waals surface area (Å²) in [6.07, 6.45) is 0. The van der Waals surface area contributed by atoms with Gasteiger partial charge in [0.25, 0.3) is 11.7 Å².